The molecule has 0 aliphatic heterocycles. The van der Waals surface area contributed by atoms with Crippen LogP contribution in [-0.4, -0.2) is 17.0 Å². The third-order valence-electron chi connectivity index (χ3n) is 10.6. The van der Waals surface area contributed by atoms with Crippen LogP contribution in [0.3, 0.4) is 0 Å². The SMILES string of the molecule is CC(C)CCCC(C)[C@H]1CC(=O)[C@H]2[C@@H]3CC[C@H]4C[C@@H](O)CC[C@]4(C)[C@H]3CC[C@]12C. The number of Topliss-reactive ketones (excluding diaryl/α,β-unsaturated/α-hetero) is 1. The van der Waals surface area contributed by atoms with E-state index in [0.29, 0.717) is 46.7 Å². The Bertz CT molecular complexity index is 612. The molecule has 0 aromatic heterocycles. The highest BCUT2D eigenvalue weighted by atomic mass is 16.3. The van der Waals surface area contributed by atoms with Crippen molar-refractivity contribution in [3.05, 3.63) is 0 Å². The molecule has 4 rings (SSSR count). The Balaban J connectivity index is 1.51. The topological polar surface area (TPSA) is 37.3 Å². The fourth-order valence-electron chi connectivity index (χ4n) is 8.97. The van der Waals surface area contributed by atoms with Crippen molar-refractivity contribution in [2.45, 2.75) is 111 Å². The number of rotatable bonds is 5. The van der Waals surface area contributed by atoms with Gasteiger partial charge in [-0.25, -0.2) is 0 Å². The molecule has 166 valence electrons. The standard InChI is InChI=1S/C27H46O2/c1-17(2)7-6-8-18(3)23-16-24(29)25-21-10-9-19-15-20(28)11-13-26(19,4)22(21)12-14-27(23,25)5/h17-23,25,28H,6-16H2,1-5H3/t18?,19-,20-,21+,22-,23+,25+,26-,27+/m0/s1. The Morgan fingerprint density at radius 3 is 2.45 bits per heavy atom. The van der Waals surface area contributed by atoms with Crippen LogP contribution in [0.2, 0.25) is 0 Å². The molecule has 2 heteroatoms. The summed E-state index contributed by atoms with van der Waals surface area (Å²) in [6.07, 6.45) is 12.9. The van der Waals surface area contributed by atoms with E-state index in [1.165, 1.54) is 51.4 Å². The van der Waals surface area contributed by atoms with E-state index < -0.39 is 0 Å². The van der Waals surface area contributed by atoms with Gasteiger partial charge in [0.05, 0.1) is 6.10 Å². The number of fused-ring (bicyclic) bond motifs is 5. The van der Waals surface area contributed by atoms with Gasteiger partial charge >= 0.3 is 0 Å². The van der Waals surface area contributed by atoms with Crippen LogP contribution in [0.4, 0.5) is 0 Å². The number of aliphatic hydroxyl groups is 1. The first-order valence-electron chi connectivity index (χ1n) is 12.9. The van der Waals surface area contributed by atoms with E-state index in [9.17, 15) is 9.90 Å². The maximum Gasteiger partial charge on any atom is 0.137 e. The average Bonchev–Trinajstić information content (AvgIpc) is 2.93. The van der Waals surface area contributed by atoms with Crippen LogP contribution < -0.4 is 0 Å². The normalized spacial score (nSPS) is 48.2. The Labute approximate surface area is 179 Å². The minimum atomic E-state index is -0.0809. The lowest BCUT2D eigenvalue weighted by Crippen LogP contribution is -2.55. The Morgan fingerprint density at radius 1 is 1.00 bits per heavy atom. The molecule has 0 radical (unpaired) electrons. The molecule has 9 atom stereocenters. The van der Waals surface area contributed by atoms with Gasteiger partial charge in [0.2, 0.25) is 0 Å². The fourth-order valence-corrected chi connectivity index (χ4v) is 8.97. The second-order valence-corrected chi connectivity index (χ2v) is 12.6. The summed E-state index contributed by atoms with van der Waals surface area (Å²) in [5.41, 5.74) is 0.609. The van der Waals surface area contributed by atoms with Crippen molar-refractivity contribution in [1.29, 1.82) is 0 Å². The zero-order valence-corrected chi connectivity index (χ0v) is 19.8. The van der Waals surface area contributed by atoms with Gasteiger partial charge in [0.25, 0.3) is 0 Å². The van der Waals surface area contributed by atoms with Crippen molar-refractivity contribution in [1.82, 2.24) is 0 Å². The molecule has 4 fully saturated rings. The van der Waals surface area contributed by atoms with Gasteiger partial charge in [0.15, 0.2) is 0 Å². The lowest BCUT2D eigenvalue weighted by molar-refractivity contribution is -0.146. The molecular formula is C27H46O2. The van der Waals surface area contributed by atoms with E-state index in [1.54, 1.807) is 0 Å². The molecule has 0 heterocycles. The largest absolute Gasteiger partial charge is 0.393 e. The van der Waals surface area contributed by atoms with E-state index in [0.717, 1.165) is 25.2 Å². The highest BCUT2D eigenvalue weighted by molar-refractivity contribution is 5.85. The predicted molar refractivity (Wildman–Crippen MR) is 119 cm³/mol. The number of carbonyl (C=O) groups excluding carboxylic acids is 1. The summed E-state index contributed by atoms with van der Waals surface area (Å²) in [7, 11) is 0. The van der Waals surface area contributed by atoms with Crippen molar-refractivity contribution in [3.8, 4) is 0 Å². The van der Waals surface area contributed by atoms with Crippen LogP contribution >= 0.6 is 0 Å². The van der Waals surface area contributed by atoms with Crippen LogP contribution in [0, 0.1) is 52.3 Å². The van der Waals surface area contributed by atoms with E-state index in [4.69, 9.17) is 0 Å². The van der Waals surface area contributed by atoms with Crippen LogP contribution in [0.5, 0.6) is 0 Å². The highest BCUT2D eigenvalue weighted by Gasteiger charge is 2.63. The maximum absolute atomic E-state index is 13.4. The van der Waals surface area contributed by atoms with Gasteiger partial charge in [-0.05, 0) is 91.3 Å². The van der Waals surface area contributed by atoms with Gasteiger partial charge in [0, 0.05) is 12.3 Å². The summed E-state index contributed by atoms with van der Waals surface area (Å²) in [4.78, 5) is 13.4. The Kier molecular flexibility index (Phi) is 5.99. The monoisotopic (exact) mass is 402 g/mol. The molecule has 1 unspecified atom stereocenters. The maximum atomic E-state index is 13.4. The van der Waals surface area contributed by atoms with E-state index >= 15 is 0 Å². The molecule has 0 spiro atoms. The third kappa shape index (κ3) is 3.64. The van der Waals surface area contributed by atoms with Gasteiger partial charge < -0.3 is 5.11 Å². The number of carbonyl (C=O) groups is 1. The third-order valence-corrected chi connectivity index (χ3v) is 10.6. The average molecular weight is 403 g/mol. The van der Waals surface area contributed by atoms with E-state index in [2.05, 4.69) is 34.6 Å². The molecule has 4 saturated carbocycles. The lowest BCUT2D eigenvalue weighted by Gasteiger charge is -2.60. The molecule has 29 heavy (non-hydrogen) atoms. The minimum Gasteiger partial charge on any atom is -0.393 e. The fraction of sp³-hybridized carbons (Fsp3) is 0.963. The predicted octanol–water partition coefficient (Wildman–Crippen LogP) is 6.65. The lowest BCUT2D eigenvalue weighted by atomic mass is 9.44. The number of hydrogen-bond acceptors (Lipinski definition) is 2. The van der Waals surface area contributed by atoms with Crippen molar-refractivity contribution >= 4 is 5.78 Å². The van der Waals surface area contributed by atoms with Crippen LogP contribution in [-0.2, 0) is 4.79 Å². The summed E-state index contributed by atoms with van der Waals surface area (Å²) in [6.45, 7) is 12.1. The first kappa shape index (κ1) is 21.8. The van der Waals surface area contributed by atoms with E-state index in [-0.39, 0.29) is 11.5 Å². The Hall–Kier alpha value is -0.370. The molecular weight excluding hydrogens is 356 g/mol. The molecule has 0 saturated heterocycles. The quantitative estimate of drug-likeness (QED) is 0.559. The van der Waals surface area contributed by atoms with Crippen LogP contribution in [0.15, 0.2) is 0 Å². The second-order valence-electron chi connectivity index (χ2n) is 12.6. The summed E-state index contributed by atoms with van der Waals surface area (Å²) >= 11 is 0. The van der Waals surface area contributed by atoms with Gasteiger partial charge in [-0.2, -0.15) is 0 Å². The zero-order valence-electron chi connectivity index (χ0n) is 19.8. The Morgan fingerprint density at radius 2 is 1.72 bits per heavy atom. The molecule has 4 aliphatic carbocycles. The number of ketones is 1. The summed E-state index contributed by atoms with van der Waals surface area (Å²) < 4.78 is 0. The zero-order chi connectivity index (χ0) is 21.0. The van der Waals surface area contributed by atoms with Crippen molar-refractivity contribution in [2.24, 2.45) is 52.3 Å². The molecule has 0 amide bonds. The molecule has 0 aromatic rings. The van der Waals surface area contributed by atoms with Crippen molar-refractivity contribution in [3.63, 3.8) is 0 Å². The van der Waals surface area contributed by atoms with Gasteiger partial charge in [-0.15, -0.1) is 0 Å². The minimum absolute atomic E-state index is 0.0809. The first-order chi connectivity index (χ1) is 13.7. The summed E-state index contributed by atoms with van der Waals surface area (Å²) in [5, 5.41) is 10.2. The summed E-state index contributed by atoms with van der Waals surface area (Å²) in [5.74, 6) is 5.02. The smallest absolute Gasteiger partial charge is 0.137 e. The molecule has 2 nitrogen and oxygen atoms in total. The van der Waals surface area contributed by atoms with Crippen LogP contribution in [0.25, 0.3) is 0 Å². The highest BCUT2D eigenvalue weighted by Crippen LogP contribution is 2.67. The number of hydrogen-bond donors (Lipinski definition) is 1. The van der Waals surface area contributed by atoms with Crippen molar-refractivity contribution in [2.75, 3.05) is 0 Å². The molecule has 4 aliphatic rings. The molecule has 1 N–H and O–H groups in total. The molecule has 0 bridgehead atoms. The number of aliphatic hydroxyl groups excluding tert-OH is 1. The first-order valence-corrected chi connectivity index (χ1v) is 12.9. The summed E-state index contributed by atoms with van der Waals surface area (Å²) in [6, 6.07) is 0. The van der Waals surface area contributed by atoms with Gasteiger partial charge in [-0.1, -0.05) is 53.9 Å². The second kappa shape index (κ2) is 7.95. The van der Waals surface area contributed by atoms with Gasteiger partial charge in [0.1, 0.15) is 5.78 Å². The molecule has 0 aromatic carbocycles. The van der Waals surface area contributed by atoms with Crippen molar-refractivity contribution < 1.29 is 9.90 Å². The van der Waals surface area contributed by atoms with E-state index in [1.807, 2.05) is 0 Å². The van der Waals surface area contributed by atoms with Crippen LogP contribution in [0.1, 0.15) is 105 Å². The van der Waals surface area contributed by atoms with Gasteiger partial charge in [-0.3, -0.25) is 4.79 Å².